The van der Waals surface area contributed by atoms with Crippen LogP contribution in [0.1, 0.15) is 11.1 Å². The van der Waals surface area contributed by atoms with Gasteiger partial charge in [-0.3, -0.25) is 0 Å². The first-order valence-corrected chi connectivity index (χ1v) is 8.56. The third kappa shape index (κ3) is 15.0. The zero-order valence-corrected chi connectivity index (χ0v) is 19.4. The topological polar surface area (TPSA) is 133 Å². The van der Waals surface area contributed by atoms with E-state index in [0.29, 0.717) is 12.2 Å². The van der Waals surface area contributed by atoms with Gasteiger partial charge in [-0.1, -0.05) is 60.7 Å². The van der Waals surface area contributed by atoms with Crippen molar-refractivity contribution in [3.05, 3.63) is 96.1 Å². The maximum atomic E-state index is 10.9. The Labute approximate surface area is 191 Å². The Morgan fingerprint density at radius 3 is 1.23 bits per heavy atom. The largest absolute Gasteiger partial charge is 2.00 e. The molecule has 0 atom stereocenters. The number of carboxylic acid groups (broad SMARTS) is 2. The third-order valence-electron chi connectivity index (χ3n) is 3.16. The number of hydrogen-bond donors (Lipinski definition) is 0. The van der Waals surface area contributed by atoms with Crippen LogP contribution in [0.3, 0.4) is 0 Å². The molecule has 0 unspecified atom stereocenters. The molecule has 0 bridgehead atoms. The molecule has 31 heavy (non-hydrogen) atoms. The van der Waals surface area contributed by atoms with Crippen LogP contribution in [-0.2, 0) is 61.3 Å². The van der Waals surface area contributed by atoms with Gasteiger partial charge >= 0.3 is 31.4 Å². The standard InChI is InChI=1S/2C11H10O4.Zn/c2*12-10(13)6-7-11(14)15-8-9-4-2-1-3-5-9;/h2*1-7H,8H2,(H,12,13);/q;;+2/p-2/b2*7-6-;. The zero-order valence-electron chi connectivity index (χ0n) is 16.5. The molecule has 0 N–H and O–H groups in total. The van der Waals surface area contributed by atoms with E-state index in [1.54, 1.807) is 24.3 Å². The van der Waals surface area contributed by atoms with Crippen molar-refractivity contribution in [2.45, 2.75) is 13.2 Å². The second-order valence-corrected chi connectivity index (χ2v) is 5.49. The number of rotatable bonds is 8. The number of carbonyl (C=O) groups excluding carboxylic acids is 4. The van der Waals surface area contributed by atoms with Crippen molar-refractivity contribution in [2.24, 2.45) is 0 Å². The molecule has 8 nitrogen and oxygen atoms in total. The summed E-state index contributed by atoms with van der Waals surface area (Å²) >= 11 is 0. The van der Waals surface area contributed by atoms with E-state index in [4.69, 9.17) is 9.47 Å². The molecular formula is C22H18O8Zn. The van der Waals surface area contributed by atoms with E-state index < -0.39 is 23.9 Å². The van der Waals surface area contributed by atoms with Crippen molar-refractivity contribution < 1.29 is 58.3 Å². The van der Waals surface area contributed by atoms with E-state index in [-0.39, 0.29) is 32.7 Å². The van der Waals surface area contributed by atoms with Crippen molar-refractivity contribution in [3.63, 3.8) is 0 Å². The number of benzene rings is 2. The average Bonchev–Trinajstić information content (AvgIpc) is 2.75. The average molecular weight is 476 g/mol. The molecule has 0 aliphatic carbocycles. The summed E-state index contributed by atoms with van der Waals surface area (Å²) in [6.45, 7) is 0.244. The van der Waals surface area contributed by atoms with Crippen molar-refractivity contribution >= 4 is 23.9 Å². The van der Waals surface area contributed by atoms with Gasteiger partial charge in [0.2, 0.25) is 0 Å². The predicted molar refractivity (Wildman–Crippen MR) is 101 cm³/mol. The van der Waals surface area contributed by atoms with Crippen LogP contribution in [0.15, 0.2) is 85.0 Å². The maximum absolute atomic E-state index is 10.9. The molecule has 9 heteroatoms. The Bertz CT molecular complexity index is 817. The fraction of sp³-hybridized carbons (Fsp3) is 0.0909. The second kappa shape index (κ2) is 16.2. The Balaban J connectivity index is 0.000000562. The van der Waals surface area contributed by atoms with E-state index in [9.17, 15) is 29.4 Å². The summed E-state index contributed by atoms with van der Waals surface area (Å²) in [7, 11) is 0. The first kappa shape index (κ1) is 27.4. The summed E-state index contributed by atoms with van der Waals surface area (Å²) in [6, 6.07) is 18.2. The van der Waals surface area contributed by atoms with E-state index in [1.807, 2.05) is 36.4 Å². The van der Waals surface area contributed by atoms with E-state index in [1.165, 1.54) is 0 Å². The quantitative estimate of drug-likeness (QED) is 0.297. The Kier molecular flexibility index (Phi) is 14.4. The molecule has 156 valence electrons. The fourth-order valence-electron chi connectivity index (χ4n) is 1.83. The number of carboxylic acids is 2. The normalized spacial score (nSPS) is 9.81. The first-order chi connectivity index (χ1) is 14.4. The van der Waals surface area contributed by atoms with E-state index in [0.717, 1.165) is 23.3 Å². The summed E-state index contributed by atoms with van der Waals surface area (Å²) in [5, 5.41) is 19.9. The molecule has 0 amide bonds. The maximum Gasteiger partial charge on any atom is 2.00 e. The van der Waals surface area contributed by atoms with Crippen molar-refractivity contribution in [1.82, 2.24) is 0 Å². The summed E-state index contributed by atoms with van der Waals surface area (Å²) < 4.78 is 9.52. The summed E-state index contributed by atoms with van der Waals surface area (Å²) in [4.78, 5) is 41.8. The van der Waals surface area contributed by atoms with E-state index in [2.05, 4.69) is 0 Å². The third-order valence-corrected chi connectivity index (χ3v) is 3.16. The number of esters is 2. The Morgan fingerprint density at radius 1 is 0.613 bits per heavy atom. The van der Waals surface area contributed by atoms with Crippen molar-refractivity contribution in [1.29, 1.82) is 0 Å². The molecule has 0 aliphatic rings. The molecular weight excluding hydrogens is 458 g/mol. The molecule has 0 aliphatic heterocycles. The van der Waals surface area contributed by atoms with Gasteiger partial charge < -0.3 is 29.3 Å². The monoisotopic (exact) mass is 474 g/mol. The number of ether oxygens (including phenoxy) is 2. The van der Waals surface area contributed by atoms with E-state index >= 15 is 0 Å². The van der Waals surface area contributed by atoms with Crippen molar-refractivity contribution in [2.75, 3.05) is 0 Å². The molecule has 0 saturated heterocycles. The Morgan fingerprint density at radius 2 is 0.935 bits per heavy atom. The van der Waals surface area contributed by atoms with Gasteiger partial charge in [0.1, 0.15) is 13.2 Å². The van der Waals surface area contributed by atoms with Crippen LogP contribution in [0.25, 0.3) is 0 Å². The summed E-state index contributed by atoms with van der Waals surface area (Å²) in [6.07, 6.45) is 2.90. The number of carbonyl (C=O) groups is 4. The van der Waals surface area contributed by atoms with Crippen LogP contribution in [0.2, 0.25) is 0 Å². The fourth-order valence-corrected chi connectivity index (χ4v) is 1.83. The van der Waals surface area contributed by atoms with Gasteiger partial charge in [-0.25, -0.2) is 9.59 Å². The molecule has 0 radical (unpaired) electrons. The first-order valence-electron chi connectivity index (χ1n) is 8.56. The van der Waals surface area contributed by atoms with Crippen molar-refractivity contribution in [3.8, 4) is 0 Å². The molecule has 0 heterocycles. The van der Waals surface area contributed by atoms with Gasteiger partial charge in [-0.15, -0.1) is 0 Å². The van der Waals surface area contributed by atoms with Crippen LogP contribution in [0.4, 0.5) is 0 Å². The SMILES string of the molecule is O=C([O-])/C=C\C(=O)OCc1ccccc1.O=C([O-])/C=C\C(=O)OCc1ccccc1.[Zn+2]. The van der Waals surface area contributed by atoms with Gasteiger partial charge in [0, 0.05) is 12.2 Å². The molecule has 0 aromatic heterocycles. The second-order valence-electron chi connectivity index (χ2n) is 5.49. The van der Waals surface area contributed by atoms with Crippen LogP contribution >= 0.6 is 0 Å². The predicted octanol–water partition coefficient (Wildman–Crippen LogP) is 0.0693. The van der Waals surface area contributed by atoms with Gasteiger partial charge in [-0.05, 0) is 23.3 Å². The molecule has 2 rings (SSSR count). The van der Waals surface area contributed by atoms with Gasteiger partial charge in [0.25, 0.3) is 0 Å². The molecule has 0 spiro atoms. The van der Waals surface area contributed by atoms with Gasteiger partial charge in [0.05, 0.1) is 11.9 Å². The minimum absolute atomic E-state index is 0. The van der Waals surface area contributed by atoms with Crippen LogP contribution < -0.4 is 10.2 Å². The summed E-state index contributed by atoms with van der Waals surface area (Å²) in [5.74, 6) is -4.26. The Hall–Kier alpha value is -3.58. The van der Waals surface area contributed by atoms with Crippen LogP contribution in [0, 0.1) is 0 Å². The van der Waals surface area contributed by atoms with Gasteiger partial charge in [-0.2, -0.15) is 0 Å². The minimum Gasteiger partial charge on any atom is -0.545 e. The minimum atomic E-state index is -1.42. The zero-order chi connectivity index (χ0) is 22.2. The van der Waals surface area contributed by atoms with Gasteiger partial charge in [0.15, 0.2) is 0 Å². The smallest absolute Gasteiger partial charge is 0.545 e. The summed E-state index contributed by atoms with van der Waals surface area (Å²) in [5.41, 5.74) is 1.68. The molecule has 0 saturated carbocycles. The number of hydrogen-bond acceptors (Lipinski definition) is 8. The van der Waals surface area contributed by atoms with Crippen LogP contribution in [0.5, 0.6) is 0 Å². The van der Waals surface area contributed by atoms with Crippen LogP contribution in [-0.4, -0.2) is 23.9 Å². The number of aliphatic carboxylic acids is 2. The molecule has 0 fully saturated rings. The molecule has 2 aromatic rings. The molecule has 2 aromatic carbocycles.